The second kappa shape index (κ2) is 7.72. The number of para-hydroxylation sites is 2. The van der Waals surface area contributed by atoms with Gasteiger partial charge in [-0.2, -0.15) is 0 Å². The average molecular weight is 383 g/mol. The SMILES string of the molecule is Cc1ccc(C)c(NC(=O)CN2C(=O)C(=Nc3ccccc3)c3ccccc32)c1. The number of amides is 2. The van der Waals surface area contributed by atoms with Crippen molar-refractivity contribution in [2.75, 3.05) is 16.8 Å². The van der Waals surface area contributed by atoms with Crippen LogP contribution < -0.4 is 10.2 Å². The Morgan fingerprint density at radius 1 is 0.966 bits per heavy atom. The van der Waals surface area contributed by atoms with E-state index in [0.29, 0.717) is 17.1 Å². The number of nitrogens with zero attached hydrogens (tertiary/aromatic N) is 2. The van der Waals surface area contributed by atoms with Gasteiger partial charge in [0, 0.05) is 11.3 Å². The molecule has 0 spiro atoms. The molecule has 0 unspecified atom stereocenters. The molecule has 0 aliphatic carbocycles. The summed E-state index contributed by atoms with van der Waals surface area (Å²) in [5.41, 5.74) is 5.28. The van der Waals surface area contributed by atoms with Crippen molar-refractivity contribution in [3.8, 4) is 0 Å². The van der Waals surface area contributed by atoms with Gasteiger partial charge in [-0.3, -0.25) is 14.5 Å². The Kier molecular flexibility index (Phi) is 4.96. The van der Waals surface area contributed by atoms with Gasteiger partial charge in [-0.15, -0.1) is 0 Å². The maximum absolute atomic E-state index is 13.1. The van der Waals surface area contributed by atoms with Crippen LogP contribution >= 0.6 is 0 Å². The van der Waals surface area contributed by atoms with Gasteiger partial charge >= 0.3 is 0 Å². The second-order valence-electron chi connectivity index (χ2n) is 7.07. The first-order valence-electron chi connectivity index (χ1n) is 9.45. The van der Waals surface area contributed by atoms with Crippen molar-refractivity contribution in [3.63, 3.8) is 0 Å². The number of hydrogen-bond acceptors (Lipinski definition) is 3. The number of hydrogen-bond donors (Lipinski definition) is 1. The largest absolute Gasteiger partial charge is 0.324 e. The van der Waals surface area contributed by atoms with E-state index in [0.717, 1.165) is 22.4 Å². The van der Waals surface area contributed by atoms with Crippen molar-refractivity contribution >= 4 is 34.6 Å². The van der Waals surface area contributed by atoms with Crippen molar-refractivity contribution in [1.82, 2.24) is 0 Å². The Balaban J connectivity index is 1.61. The third kappa shape index (κ3) is 3.80. The number of aryl methyl sites for hydroxylation is 2. The molecule has 0 atom stereocenters. The highest BCUT2D eigenvalue weighted by Gasteiger charge is 2.34. The predicted molar refractivity (Wildman–Crippen MR) is 116 cm³/mol. The second-order valence-corrected chi connectivity index (χ2v) is 7.07. The monoisotopic (exact) mass is 383 g/mol. The van der Waals surface area contributed by atoms with Gasteiger partial charge in [0.05, 0.1) is 11.4 Å². The van der Waals surface area contributed by atoms with Crippen molar-refractivity contribution in [2.45, 2.75) is 13.8 Å². The summed E-state index contributed by atoms with van der Waals surface area (Å²) in [6.45, 7) is 3.84. The smallest absolute Gasteiger partial charge is 0.278 e. The molecule has 1 aliphatic heterocycles. The first-order valence-corrected chi connectivity index (χ1v) is 9.45. The molecule has 5 heteroatoms. The van der Waals surface area contributed by atoms with E-state index in [2.05, 4.69) is 10.3 Å². The molecule has 3 aromatic carbocycles. The predicted octanol–water partition coefficient (Wildman–Crippen LogP) is 4.41. The van der Waals surface area contributed by atoms with Crippen LogP contribution in [0.15, 0.2) is 77.8 Å². The van der Waals surface area contributed by atoms with Crippen molar-refractivity contribution < 1.29 is 9.59 Å². The van der Waals surface area contributed by atoms with E-state index in [1.54, 1.807) is 0 Å². The van der Waals surface area contributed by atoms with Gasteiger partial charge < -0.3 is 5.32 Å². The molecule has 5 nitrogen and oxygen atoms in total. The molecule has 2 amide bonds. The van der Waals surface area contributed by atoms with Crippen LogP contribution in [-0.2, 0) is 9.59 Å². The molecule has 144 valence electrons. The van der Waals surface area contributed by atoms with Gasteiger partial charge in [-0.1, -0.05) is 48.5 Å². The molecular weight excluding hydrogens is 362 g/mol. The molecule has 0 saturated carbocycles. The topological polar surface area (TPSA) is 61.8 Å². The van der Waals surface area contributed by atoms with Gasteiger partial charge in [0.2, 0.25) is 5.91 Å². The lowest BCUT2D eigenvalue weighted by molar-refractivity contribution is -0.118. The minimum atomic E-state index is -0.272. The maximum Gasteiger partial charge on any atom is 0.278 e. The summed E-state index contributed by atoms with van der Waals surface area (Å²) >= 11 is 0. The van der Waals surface area contributed by atoms with E-state index < -0.39 is 0 Å². The minimum absolute atomic E-state index is 0.0724. The van der Waals surface area contributed by atoms with Crippen molar-refractivity contribution in [3.05, 3.63) is 89.5 Å². The fourth-order valence-corrected chi connectivity index (χ4v) is 3.36. The van der Waals surface area contributed by atoms with Crippen molar-refractivity contribution in [1.29, 1.82) is 0 Å². The Morgan fingerprint density at radius 3 is 2.48 bits per heavy atom. The molecule has 0 saturated heterocycles. The summed E-state index contributed by atoms with van der Waals surface area (Å²) in [5, 5.41) is 2.92. The number of nitrogens with one attached hydrogen (secondary N) is 1. The lowest BCUT2D eigenvalue weighted by Crippen LogP contribution is -2.37. The molecule has 0 radical (unpaired) electrons. The van der Waals surface area contributed by atoms with Gasteiger partial charge in [0.15, 0.2) is 0 Å². The lowest BCUT2D eigenvalue weighted by Gasteiger charge is -2.17. The lowest BCUT2D eigenvalue weighted by atomic mass is 10.1. The molecule has 29 heavy (non-hydrogen) atoms. The van der Waals surface area contributed by atoms with Crippen LogP contribution in [0.4, 0.5) is 17.1 Å². The molecule has 0 fully saturated rings. The number of aliphatic imine (C=N–C) groups is 1. The van der Waals surface area contributed by atoms with Crippen LogP contribution in [0.25, 0.3) is 0 Å². The fraction of sp³-hybridized carbons (Fsp3) is 0.125. The van der Waals surface area contributed by atoms with Gasteiger partial charge in [-0.25, -0.2) is 4.99 Å². The zero-order valence-electron chi connectivity index (χ0n) is 16.3. The number of fused-ring (bicyclic) bond motifs is 1. The number of benzene rings is 3. The standard InChI is InChI=1S/C24H21N3O2/c1-16-12-13-17(2)20(14-16)26-22(28)15-27-21-11-7-6-10-19(21)23(24(27)29)25-18-8-4-3-5-9-18/h3-14H,15H2,1-2H3,(H,26,28). The van der Waals surface area contributed by atoms with Crippen LogP contribution in [0.3, 0.4) is 0 Å². The number of carbonyl (C=O) groups is 2. The molecule has 0 aromatic heterocycles. The van der Waals surface area contributed by atoms with E-state index in [1.807, 2.05) is 86.6 Å². The normalized spacial score (nSPS) is 14.2. The average Bonchev–Trinajstić information content (AvgIpc) is 2.97. The summed E-state index contributed by atoms with van der Waals surface area (Å²) in [7, 11) is 0. The highest BCUT2D eigenvalue weighted by Crippen LogP contribution is 2.30. The van der Waals surface area contributed by atoms with Crippen LogP contribution in [0.1, 0.15) is 16.7 Å². The van der Waals surface area contributed by atoms with Crippen LogP contribution in [0.5, 0.6) is 0 Å². The number of carbonyl (C=O) groups excluding carboxylic acids is 2. The molecule has 4 rings (SSSR count). The van der Waals surface area contributed by atoms with Crippen molar-refractivity contribution in [2.24, 2.45) is 4.99 Å². The van der Waals surface area contributed by atoms with Crippen LogP contribution in [-0.4, -0.2) is 24.1 Å². The molecule has 1 N–H and O–H groups in total. The third-order valence-corrected chi connectivity index (χ3v) is 4.86. The summed E-state index contributed by atoms with van der Waals surface area (Å²) in [4.78, 5) is 31.8. The quantitative estimate of drug-likeness (QED) is 0.725. The van der Waals surface area contributed by atoms with Crippen LogP contribution in [0.2, 0.25) is 0 Å². The summed E-state index contributed by atoms with van der Waals surface area (Å²) in [6.07, 6.45) is 0. The summed E-state index contributed by atoms with van der Waals surface area (Å²) in [6, 6.07) is 22.7. The first kappa shape index (κ1) is 18.6. The first-order chi connectivity index (χ1) is 14.0. The minimum Gasteiger partial charge on any atom is -0.324 e. The molecule has 1 aliphatic rings. The molecule has 0 bridgehead atoms. The Bertz CT molecular complexity index is 1120. The number of anilines is 2. The maximum atomic E-state index is 13.1. The molecule has 1 heterocycles. The Labute approximate surface area is 169 Å². The Morgan fingerprint density at radius 2 is 1.69 bits per heavy atom. The van der Waals surface area contributed by atoms with Gasteiger partial charge in [-0.05, 0) is 49.2 Å². The molecule has 3 aromatic rings. The van der Waals surface area contributed by atoms with Gasteiger partial charge in [0.1, 0.15) is 12.3 Å². The van der Waals surface area contributed by atoms with E-state index in [9.17, 15) is 9.59 Å². The van der Waals surface area contributed by atoms with Gasteiger partial charge in [0.25, 0.3) is 5.91 Å². The summed E-state index contributed by atoms with van der Waals surface area (Å²) in [5.74, 6) is -0.519. The van der Waals surface area contributed by atoms with E-state index in [1.165, 1.54) is 4.90 Å². The van der Waals surface area contributed by atoms with E-state index >= 15 is 0 Å². The van der Waals surface area contributed by atoms with E-state index in [4.69, 9.17) is 0 Å². The fourth-order valence-electron chi connectivity index (χ4n) is 3.36. The van der Waals surface area contributed by atoms with E-state index in [-0.39, 0.29) is 18.4 Å². The highest BCUT2D eigenvalue weighted by atomic mass is 16.2. The molecular formula is C24H21N3O2. The Hall–Kier alpha value is -3.73. The summed E-state index contributed by atoms with van der Waals surface area (Å²) < 4.78 is 0. The highest BCUT2D eigenvalue weighted by molar-refractivity contribution is 6.55. The zero-order chi connectivity index (χ0) is 20.4. The zero-order valence-corrected chi connectivity index (χ0v) is 16.3. The third-order valence-electron chi connectivity index (χ3n) is 4.86. The number of rotatable bonds is 4. The van der Waals surface area contributed by atoms with Crippen LogP contribution in [0, 0.1) is 13.8 Å².